The third-order valence-electron chi connectivity index (χ3n) is 3.31. The Labute approximate surface area is 141 Å². The number of carboxylic acid groups (broad SMARTS) is 1. The lowest BCUT2D eigenvalue weighted by Gasteiger charge is -2.13. The average molecular weight is 336 g/mol. The minimum absolute atomic E-state index is 0.00576. The normalized spacial score (nSPS) is 11.4. The van der Waals surface area contributed by atoms with E-state index in [9.17, 15) is 14.4 Å². The fourth-order valence-electron chi connectivity index (χ4n) is 2.00. The second-order valence-corrected chi connectivity index (χ2v) is 5.46. The molecule has 0 saturated carbocycles. The van der Waals surface area contributed by atoms with E-state index >= 15 is 0 Å². The van der Waals surface area contributed by atoms with Gasteiger partial charge in [-0.05, 0) is 30.9 Å². The largest absolute Gasteiger partial charge is 0.480 e. The highest BCUT2D eigenvalue weighted by Crippen LogP contribution is 2.07. The van der Waals surface area contributed by atoms with Crippen molar-refractivity contribution in [3.63, 3.8) is 0 Å². The van der Waals surface area contributed by atoms with Crippen LogP contribution in [-0.2, 0) is 20.8 Å². The van der Waals surface area contributed by atoms with Crippen molar-refractivity contribution in [1.82, 2.24) is 15.7 Å². The molecule has 1 aromatic heterocycles. The summed E-state index contributed by atoms with van der Waals surface area (Å²) in [6, 6.07) is 2.63. The van der Waals surface area contributed by atoms with E-state index in [0.717, 1.165) is 24.8 Å². The highest BCUT2D eigenvalue weighted by molar-refractivity contribution is 5.83. The van der Waals surface area contributed by atoms with Crippen LogP contribution in [0.5, 0.6) is 0 Å². The van der Waals surface area contributed by atoms with Crippen LogP contribution in [0.2, 0.25) is 0 Å². The van der Waals surface area contributed by atoms with Crippen LogP contribution in [0.3, 0.4) is 0 Å². The summed E-state index contributed by atoms with van der Waals surface area (Å²) < 4.78 is 0. The molecule has 2 amide bonds. The van der Waals surface area contributed by atoms with Crippen LogP contribution in [0, 0.1) is 0 Å². The Balaban J connectivity index is 2.37. The molecule has 0 aliphatic rings. The van der Waals surface area contributed by atoms with Crippen molar-refractivity contribution in [3.05, 3.63) is 23.9 Å². The van der Waals surface area contributed by atoms with Crippen molar-refractivity contribution >= 4 is 23.6 Å². The van der Waals surface area contributed by atoms with Crippen molar-refractivity contribution in [2.75, 3.05) is 5.43 Å². The van der Waals surface area contributed by atoms with Gasteiger partial charge < -0.3 is 10.4 Å². The summed E-state index contributed by atoms with van der Waals surface area (Å²) in [5.41, 5.74) is 6.26. The molecule has 1 atom stereocenters. The molecule has 0 aromatic carbocycles. The number of nitrogens with one attached hydrogen (secondary N) is 3. The number of unbranched alkanes of at least 4 members (excludes halogenated alkanes) is 1. The standard InChI is InChI=1S/C16H24N4O4/c1-3-4-5-12-6-8-14(17-10-12)19-20-15(22)9-7-13(16(23)24)18-11(2)21/h6,8,10,13H,3-5,7,9H2,1-2H3,(H,17,19)(H,18,21)(H,20,22)(H,23,24). The predicted octanol–water partition coefficient (Wildman–Crippen LogP) is 1.24. The molecular weight excluding hydrogens is 312 g/mol. The molecule has 0 spiro atoms. The van der Waals surface area contributed by atoms with Gasteiger partial charge in [0.05, 0.1) is 0 Å². The van der Waals surface area contributed by atoms with Crippen LogP contribution >= 0.6 is 0 Å². The first-order valence-corrected chi connectivity index (χ1v) is 7.92. The number of carbonyl (C=O) groups is 3. The number of carboxylic acids is 1. The fraction of sp³-hybridized carbons (Fsp3) is 0.500. The zero-order valence-electron chi connectivity index (χ0n) is 14.0. The molecule has 1 rings (SSSR count). The number of pyridine rings is 1. The number of aliphatic carboxylic acids is 1. The Hall–Kier alpha value is -2.64. The molecule has 0 aliphatic carbocycles. The molecule has 0 bridgehead atoms. The molecule has 24 heavy (non-hydrogen) atoms. The van der Waals surface area contributed by atoms with E-state index in [1.165, 1.54) is 6.92 Å². The third-order valence-corrected chi connectivity index (χ3v) is 3.31. The number of anilines is 1. The zero-order valence-corrected chi connectivity index (χ0v) is 14.0. The molecule has 8 nitrogen and oxygen atoms in total. The van der Waals surface area contributed by atoms with Gasteiger partial charge in [-0.25, -0.2) is 9.78 Å². The molecule has 132 valence electrons. The van der Waals surface area contributed by atoms with Crippen LogP contribution in [0.15, 0.2) is 18.3 Å². The first kappa shape index (κ1) is 19.4. The number of nitrogens with zero attached hydrogens (tertiary/aromatic N) is 1. The van der Waals surface area contributed by atoms with Gasteiger partial charge in [0.1, 0.15) is 11.9 Å². The first-order valence-electron chi connectivity index (χ1n) is 7.92. The SMILES string of the molecule is CCCCc1ccc(NNC(=O)CCC(NC(C)=O)C(=O)O)nc1. The Morgan fingerprint density at radius 3 is 2.58 bits per heavy atom. The first-order chi connectivity index (χ1) is 11.4. The fourth-order valence-corrected chi connectivity index (χ4v) is 2.00. The van der Waals surface area contributed by atoms with E-state index in [-0.39, 0.29) is 18.7 Å². The van der Waals surface area contributed by atoms with Gasteiger partial charge in [0.15, 0.2) is 0 Å². The van der Waals surface area contributed by atoms with Gasteiger partial charge in [-0.2, -0.15) is 0 Å². The van der Waals surface area contributed by atoms with Gasteiger partial charge in [0, 0.05) is 19.5 Å². The maximum atomic E-state index is 11.7. The number of aromatic nitrogens is 1. The quantitative estimate of drug-likeness (QED) is 0.477. The van der Waals surface area contributed by atoms with Gasteiger partial charge >= 0.3 is 5.97 Å². The number of hydrazine groups is 1. The van der Waals surface area contributed by atoms with E-state index < -0.39 is 17.9 Å². The lowest BCUT2D eigenvalue weighted by Crippen LogP contribution is -2.41. The van der Waals surface area contributed by atoms with E-state index in [0.29, 0.717) is 5.82 Å². The van der Waals surface area contributed by atoms with Gasteiger partial charge in [0.25, 0.3) is 0 Å². The van der Waals surface area contributed by atoms with Crippen LogP contribution in [-0.4, -0.2) is 33.9 Å². The summed E-state index contributed by atoms with van der Waals surface area (Å²) >= 11 is 0. The van der Waals surface area contributed by atoms with Gasteiger partial charge in [-0.3, -0.25) is 20.4 Å². The second kappa shape index (κ2) is 10.2. The lowest BCUT2D eigenvalue weighted by molar-refractivity contribution is -0.141. The molecule has 4 N–H and O–H groups in total. The third kappa shape index (κ3) is 7.57. The maximum absolute atomic E-state index is 11.7. The minimum Gasteiger partial charge on any atom is -0.480 e. The molecule has 1 aromatic rings. The molecule has 8 heteroatoms. The molecule has 0 fully saturated rings. The van der Waals surface area contributed by atoms with Crippen molar-refractivity contribution < 1.29 is 19.5 Å². The van der Waals surface area contributed by atoms with Crippen LogP contribution in [0.1, 0.15) is 45.1 Å². The van der Waals surface area contributed by atoms with E-state index in [1.54, 1.807) is 12.3 Å². The van der Waals surface area contributed by atoms with Crippen molar-refractivity contribution in [2.24, 2.45) is 0 Å². The Morgan fingerprint density at radius 1 is 1.29 bits per heavy atom. The molecule has 0 aliphatic heterocycles. The van der Waals surface area contributed by atoms with Crippen molar-refractivity contribution in [2.45, 2.75) is 52.0 Å². The molecular formula is C16H24N4O4. The van der Waals surface area contributed by atoms with E-state index in [4.69, 9.17) is 5.11 Å². The van der Waals surface area contributed by atoms with E-state index in [2.05, 4.69) is 28.1 Å². The molecule has 0 radical (unpaired) electrons. The highest BCUT2D eigenvalue weighted by Gasteiger charge is 2.19. The monoisotopic (exact) mass is 336 g/mol. The number of amides is 2. The lowest BCUT2D eigenvalue weighted by atomic mass is 10.1. The Morgan fingerprint density at radius 2 is 2.04 bits per heavy atom. The van der Waals surface area contributed by atoms with Crippen LogP contribution in [0.25, 0.3) is 0 Å². The number of rotatable bonds is 10. The highest BCUT2D eigenvalue weighted by atomic mass is 16.4. The molecule has 1 heterocycles. The minimum atomic E-state index is -1.17. The van der Waals surface area contributed by atoms with Crippen molar-refractivity contribution in [1.29, 1.82) is 0 Å². The maximum Gasteiger partial charge on any atom is 0.326 e. The topological polar surface area (TPSA) is 120 Å². The Kier molecular flexibility index (Phi) is 8.24. The zero-order chi connectivity index (χ0) is 17.9. The number of aryl methyl sites for hydroxylation is 1. The summed E-state index contributed by atoms with van der Waals surface area (Å²) in [7, 11) is 0. The summed E-state index contributed by atoms with van der Waals surface area (Å²) in [6.45, 7) is 3.35. The second-order valence-electron chi connectivity index (χ2n) is 5.46. The predicted molar refractivity (Wildman–Crippen MR) is 89.1 cm³/mol. The summed E-state index contributed by atoms with van der Waals surface area (Å²) in [5.74, 6) is -1.51. The summed E-state index contributed by atoms with van der Waals surface area (Å²) in [6.07, 6.45) is 4.90. The number of hydrogen-bond donors (Lipinski definition) is 4. The van der Waals surface area contributed by atoms with Gasteiger partial charge in [-0.1, -0.05) is 19.4 Å². The summed E-state index contributed by atoms with van der Waals surface area (Å²) in [5, 5.41) is 11.2. The number of hydrogen-bond acceptors (Lipinski definition) is 5. The van der Waals surface area contributed by atoms with Gasteiger partial charge in [-0.15, -0.1) is 0 Å². The van der Waals surface area contributed by atoms with Crippen molar-refractivity contribution in [3.8, 4) is 0 Å². The van der Waals surface area contributed by atoms with Crippen LogP contribution < -0.4 is 16.2 Å². The Bertz CT molecular complexity index is 560. The van der Waals surface area contributed by atoms with Crippen LogP contribution in [0.4, 0.5) is 5.82 Å². The summed E-state index contributed by atoms with van der Waals surface area (Å²) in [4.78, 5) is 37.8. The molecule has 0 saturated heterocycles. The molecule has 1 unspecified atom stereocenters. The smallest absolute Gasteiger partial charge is 0.326 e. The van der Waals surface area contributed by atoms with E-state index in [1.807, 2.05) is 6.07 Å². The number of carbonyl (C=O) groups excluding carboxylic acids is 2. The average Bonchev–Trinajstić information content (AvgIpc) is 2.55. The van der Waals surface area contributed by atoms with Gasteiger partial charge in [0.2, 0.25) is 11.8 Å².